The van der Waals surface area contributed by atoms with E-state index in [9.17, 15) is 9.18 Å². The molecule has 8 heteroatoms. The second-order valence-corrected chi connectivity index (χ2v) is 6.37. The van der Waals surface area contributed by atoms with E-state index in [1.807, 2.05) is 6.92 Å². The highest BCUT2D eigenvalue weighted by atomic mass is 32.1. The van der Waals surface area contributed by atoms with Gasteiger partial charge < -0.3 is 10.2 Å². The van der Waals surface area contributed by atoms with Crippen molar-refractivity contribution in [1.29, 1.82) is 0 Å². The van der Waals surface area contributed by atoms with Gasteiger partial charge in [0.2, 0.25) is 5.78 Å². The molecule has 25 heavy (non-hydrogen) atoms. The second kappa shape index (κ2) is 5.75. The Morgan fingerprint density at radius 1 is 1.28 bits per heavy atom. The van der Waals surface area contributed by atoms with Gasteiger partial charge in [-0.2, -0.15) is 0 Å². The Balaban J connectivity index is 1.81. The molecule has 0 aliphatic carbocycles. The molecule has 0 saturated heterocycles. The first-order valence-electron chi connectivity index (χ1n) is 7.32. The number of nitrogens with zero attached hydrogens (tertiary/aromatic N) is 3. The largest absolute Gasteiger partial charge is 0.458 e. The summed E-state index contributed by atoms with van der Waals surface area (Å²) in [5.74, 6) is 0.591. The minimum atomic E-state index is -0.671. The van der Waals surface area contributed by atoms with Crippen LogP contribution in [0.2, 0.25) is 0 Å². The lowest BCUT2D eigenvalue weighted by Crippen LogP contribution is -2.04. The SMILES string of the molecule is Cc1ccc(-c2nc(N)c3cc(C(=O)c4ncccc4F)sc3n2)o1. The van der Waals surface area contributed by atoms with Gasteiger partial charge in [0.1, 0.15) is 22.1 Å². The number of nitrogens with two attached hydrogens (primary N) is 1. The van der Waals surface area contributed by atoms with Crippen LogP contribution < -0.4 is 5.73 Å². The third-order valence-corrected chi connectivity index (χ3v) is 4.61. The molecule has 0 unspecified atom stereocenters. The van der Waals surface area contributed by atoms with Crippen LogP contribution in [0.3, 0.4) is 0 Å². The maximum absolute atomic E-state index is 13.8. The number of halogens is 1. The van der Waals surface area contributed by atoms with Gasteiger partial charge in [0.15, 0.2) is 17.4 Å². The van der Waals surface area contributed by atoms with E-state index in [0.29, 0.717) is 26.7 Å². The minimum Gasteiger partial charge on any atom is -0.458 e. The van der Waals surface area contributed by atoms with Crippen molar-refractivity contribution in [3.05, 3.63) is 58.7 Å². The highest BCUT2D eigenvalue weighted by molar-refractivity contribution is 7.20. The highest BCUT2D eigenvalue weighted by Gasteiger charge is 2.20. The van der Waals surface area contributed by atoms with Crippen LogP contribution in [0.15, 0.2) is 40.9 Å². The third-order valence-electron chi connectivity index (χ3n) is 3.58. The van der Waals surface area contributed by atoms with Gasteiger partial charge in [0, 0.05) is 6.20 Å². The van der Waals surface area contributed by atoms with E-state index in [1.165, 1.54) is 18.3 Å². The smallest absolute Gasteiger partial charge is 0.224 e. The summed E-state index contributed by atoms with van der Waals surface area (Å²) in [6.45, 7) is 1.81. The first-order valence-corrected chi connectivity index (χ1v) is 8.13. The van der Waals surface area contributed by atoms with E-state index in [2.05, 4.69) is 15.0 Å². The maximum atomic E-state index is 13.8. The van der Waals surface area contributed by atoms with Gasteiger partial charge in [-0.05, 0) is 37.3 Å². The summed E-state index contributed by atoms with van der Waals surface area (Å²) in [6.07, 6.45) is 1.37. The number of pyridine rings is 1. The van der Waals surface area contributed by atoms with Crippen LogP contribution in [-0.2, 0) is 0 Å². The lowest BCUT2D eigenvalue weighted by atomic mass is 10.2. The number of carbonyl (C=O) groups is 1. The number of rotatable bonds is 3. The maximum Gasteiger partial charge on any atom is 0.224 e. The van der Waals surface area contributed by atoms with Crippen molar-refractivity contribution in [2.75, 3.05) is 5.73 Å². The number of hydrogen-bond acceptors (Lipinski definition) is 7. The Morgan fingerprint density at radius 3 is 2.84 bits per heavy atom. The summed E-state index contributed by atoms with van der Waals surface area (Å²) in [7, 11) is 0. The number of anilines is 1. The van der Waals surface area contributed by atoms with Gasteiger partial charge >= 0.3 is 0 Å². The van der Waals surface area contributed by atoms with Gasteiger partial charge in [-0.25, -0.2) is 19.3 Å². The molecule has 0 fully saturated rings. The van der Waals surface area contributed by atoms with E-state index < -0.39 is 11.6 Å². The number of furan rings is 1. The van der Waals surface area contributed by atoms with Gasteiger partial charge in [-0.1, -0.05) is 0 Å². The molecule has 4 heterocycles. The normalized spacial score (nSPS) is 11.1. The first-order chi connectivity index (χ1) is 12.0. The molecule has 0 atom stereocenters. The molecule has 6 nitrogen and oxygen atoms in total. The van der Waals surface area contributed by atoms with Gasteiger partial charge in [-0.3, -0.25) is 4.79 Å². The molecule has 0 aromatic carbocycles. The first kappa shape index (κ1) is 15.4. The van der Waals surface area contributed by atoms with Crippen LogP contribution in [0.25, 0.3) is 21.8 Å². The summed E-state index contributed by atoms with van der Waals surface area (Å²) in [4.78, 5) is 25.8. The molecular formula is C17H11FN4O2S. The highest BCUT2D eigenvalue weighted by Crippen LogP contribution is 2.31. The number of thiophene rings is 1. The number of carbonyl (C=O) groups excluding carboxylic acids is 1. The van der Waals surface area contributed by atoms with E-state index >= 15 is 0 Å². The molecule has 0 spiro atoms. The quantitative estimate of drug-likeness (QED) is 0.565. The molecule has 0 radical (unpaired) electrons. The van der Waals surface area contributed by atoms with Crippen LogP contribution >= 0.6 is 11.3 Å². The molecule has 4 aromatic heterocycles. The van der Waals surface area contributed by atoms with Crippen molar-refractivity contribution in [2.45, 2.75) is 6.92 Å². The number of hydrogen-bond donors (Lipinski definition) is 1. The predicted octanol–water partition coefficient (Wildman–Crippen LogP) is 3.61. The fourth-order valence-corrected chi connectivity index (χ4v) is 3.37. The van der Waals surface area contributed by atoms with Crippen molar-refractivity contribution in [3.63, 3.8) is 0 Å². The Labute approximate surface area is 145 Å². The monoisotopic (exact) mass is 354 g/mol. The molecule has 0 aliphatic rings. The van der Waals surface area contributed by atoms with Crippen molar-refractivity contribution < 1.29 is 13.6 Å². The van der Waals surface area contributed by atoms with E-state index in [4.69, 9.17) is 10.2 Å². The summed E-state index contributed by atoms with van der Waals surface area (Å²) >= 11 is 1.11. The summed E-state index contributed by atoms with van der Waals surface area (Å²) in [5.41, 5.74) is 5.76. The Hall–Kier alpha value is -3.13. The van der Waals surface area contributed by atoms with Crippen molar-refractivity contribution in [2.24, 2.45) is 0 Å². The van der Waals surface area contributed by atoms with Crippen LogP contribution in [0, 0.1) is 12.7 Å². The standard InChI is InChI=1S/C17H11FN4O2S/c1-8-4-5-11(24-8)16-21-15(19)9-7-12(25-17(9)22-16)14(23)13-10(18)3-2-6-20-13/h2-7H,1H3,(H2,19,21,22). The minimum absolute atomic E-state index is 0.228. The predicted molar refractivity (Wildman–Crippen MR) is 91.9 cm³/mol. The lowest BCUT2D eigenvalue weighted by Gasteiger charge is -1.99. The zero-order valence-corrected chi connectivity index (χ0v) is 13.8. The molecule has 2 N–H and O–H groups in total. The molecule has 0 aliphatic heterocycles. The Morgan fingerprint density at radius 2 is 2.12 bits per heavy atom. The number of aryl methyl sites for hydroxylation is 1. The molecule has 0 saturated carbocycles. The van der Waals surface area contributed by atoms with E-state index in [0.717, 1.165) is 17.1 Å². The second-order valence-electron chi connectivity index (χ2n) is 5.34. The molecule has 124 valence electrons. The van der Waals surface area contributed by atoms with Gasteiger partial charge in [0.05, 0.1) is 10.3 Å². The Bertz CT molecular complexity index is 1120. The zero-order chi connectivity index (χ0) is 17.6. The summed E-state index contributed by atoms with van der Waals surface area (Å²) in [5, 5.41) is 0.539. The number of aromatic nitrogens is 3. The summed E-state index contributed by atoms with van der Waals surface area (Å²) in [6, 6.07) is 7.73. The average molecular weight is 354 g/mol. The Kier molecular flexibility index (Phi) is 3.54. The zero-order valence-electron chi connectivity index (χ0n) is 13.0. The number of ketones is 1. The van der Waals surface area contributed by atoms with Crippen LogP contribution in [0.5, 0.6) is 0 Å². The van der Waals surface area contributed by atoms with Crippen LogP contribution in [0.4, 0.5) is 10.2 Å². The molecule has 4 rings (SSSR count). The number of fused-ring (bicyclic) bond motifs is 1. The molecular weight excluding hydrogens is 343 g/mol. The van der Waals surface area contributed by atoms with E-state index in [1.54, 1.807) is 18.2 Å². The van der Waals surface area contributed by atoms with Crippen molar-refractivity contribution in [1.82, 2.24) is 15.0 Å². The molecule has 4 aromatic rings. The van der Waals surface area contributed by atoms with Crippen molar-refractivity contribution in [3.8, 4) is 11.6 Å². The van der Waals surface area contributed by atoms with Gasteiger partial charge in [-0.15, -0.1) is 11.3 Å². The van der Waals surface area contributed by atoms with Crippen LogP contribution in [0.1, 0.15) is 21.1 Å². The van der Waals surface area contributed by atoms with E-state index in [-0.39, 0.29) is 11.5 Å². The third kappa shape index (κ3) is 2.66. The van der Waals surface area contributed by atoms with Crippen LogP contribution in [-0.4, -0.2) is 20.7 Å². The topological polar surface area (TPSA) is 94.9 Å². The average Bonchev–Trinajstić information content (AvgIpc) is 3.21. The fraction of sp³-hybridized carbons (Fsp3) is 0.0588. The number of nitrogen functional groups attached to an aromatic ring is 1. The lowest BCUT2D eigenvalue weighted by molar-refractivity contribution is 0.103. The summed E-state index contributed by atoms with van der Waals surface area (Å²) < 4.78 is 19.3. The molecule has 0 bridgehead atoms. The molecule has 0 amide bonds. The van der Waals surface area contributed by atoms with Gasteiger partial charge in [0.25, 0.3) is 0 Å². The van der Waals surface area contributed by atoms with Crippen molar-refractivity contribution >= 4 is 33.2 Å². The fourth-order valence-electron chi connectivity index (χ4n) is 2.39.